The highest BCUT2D eigenvalue weighted by Crippen LogP contribution is 2.28. The number of carbonyl (C=O) groups is 1. The summed E-state index contributed by atoms with van der Waals surface area (Å²) in [5.74, 6) is 0.361. The SMILES string of the molecule is CCCc1cc(C(=O)Nc2ccc3c(c2)OCCC3)nn1CC(F)F. The first kappa shape index (κ1) is 17.4. The Bertz CT molecular complexity index is 759. The highest BCUT2D eigenvalue weighted by molar-refractivity contribution is 6.03. The third kappa shape index (κ3) is 4.15. The quantitative estimate of drug-likeness (QED) is 0.865. The topological polar surface area (TPSA) is 56.1 Å². The molecule has 0 atom stereocenters. The smallest absolute Gasteiger partial charge is 0.276 e. The Hall–Kier alpha value is -2.44. The Morgan fingerprint density at radius 1 is 1.40 bits per heavy atom. The first-order valence-electron chi connectivity index (χ1n) is 8.48. The first-order chi connectivity index (χ1) is 12.1. The fourth-order valence-electron chi connectivity index (χ4n) is 2.93. The molecular weight excluding hydrogens is 328 g/mol. The minimum Gasteiger partial charge on any atom is -0.493 e. The van der Waals surface area contributed by atoms with Gasteiger partial charge in [0.05, 0.1) is 6.61 Å². The highest BCUT2D eigenvalue weighted by Gasteiger charge is 2.17. The van der Waals surface area contributed by atoms with Crippen LogP contribution >= 0.6 is 0 Å². The molecule has 1 aromatic carbocycles. The van der Waals surface area contributed by atoms with Crippen LogP contribution < -0.4 is 10.1 Å². The van der Waals surface area contributed by atoms with Gasteiger partial charge in [-0.15, -0.1) is 0 Å². The van der Waals surface area contributed by atoms with Gasteiger partial charge >= 0.3 is 0 Å². The van der Waals surface area contributed by atoms with E-state index in [1.807, 2.05) is 19.1 Å². The maximum absolute atomic E-state index is 12.7. The van der Waals surface area contributed by atoms with Crippen LogP contribution in [0.1, 0.15) is 41.5 Å². The summed E-state index contributed by atoms with van der Waals surface area (Å²) in [5, 5.41) is 6.81. The van der Waals surface area contributed by atoms with E-state index in [0.29, 0.717) is 24.4 Å². The Morgan fingerprint density at radius 3 is 3.00 bits per heavy atom. The third-order valence-corrected chi connectivity index (χ3v) is 4.09. The van der Waals surface area contributed by atoms with Crippen LogP contribution in [0.4, 0.5) is 14.5 Å². The molecule has 2 aromatic rings. The summed E-state index contributed by atoms with van der Waals surface area (Å²) in [4.78, 5) is 12.4. The molecule has 5 nitrogen and oxygen atoms in total. The molecular formula is C18H21F2N3O2. The second kappa shape index (κ2) is 7.63. The lowest BCUT2D eigenvalue weighted by atomic mass is 10.1. The number of fused-ring (bicyclic) bond motifs is 1. The normalized spacial score (nSPS) is 13.4. The molecule has 0 bridgehead atoms. The first-order valence-corrected chi connectivity index (χ1v) is 8.48. The monoisotopic (exact) mass is 349 g/mol. The maximum Gasteiger partial charge on any atom is 0.276 e. The van der Waals surface area contributed by atoms with Gasteiger partial charge in [0.15, 0.2) is 5.69 Å². The van der Waals surface area contributed by atoms with Crippen molar-refractivity contribution in [3.8, 4) is 5.75 Å². The number of rotatable bonds is 6. The van der Waals surface area contributed by atoms with Crippen LogP contribution in [0.2, 0.25) is 0 Å². The number of amides is 1. The molecule has 2 heterocycles. The average molecular weight is 349 g/mol. The summed E-state index contributed by atoms with van der Waals surface area (Å²) < 4.78 is 32.2. The van der Waals surface area contributed by atoms with Crippen molar-refractivity contribution in [1.82, 2.24) is 9.78 Å². The summed E-state index contributed by atoms with van der Waals surface area (Å²) in [7, 11) is 0. The van der Waals surface area contributed by atoms with Crippen molar-refractivity contribution >= 4 is 11.6 Å². The van der Waals surface area contributed by atoms with E-state index >= 15 is 0 Å². The zero-order valence-corrected chi connectivity index (χ0v) is 14.1. The number of alkyl halides is 2. The molecule has 1 amide bonds. The number of benzene rings is 1. The summed E-state index contributed by atoms with van der Waals surface area (Å²) in [5.41, 5.74) is 2.51. The standard InChI is InChI=1S/C18H21F2N3O2/c1-2-4-14-10-15(22-23(14)11-17(19)20)18(24)21-13-7-6-12-5-3-8-25-16(12)9-13/h6-7,9-10,17H,2-5,8,11H2,1H3,(H,21,24). The second-order valence-electron chi connectivity index (χ2n) is 6.07. The van der Waals surface area contributed by atoms with Gasteiger partial charge in [-0.2, -0.15) is 5.10 Å². The fraction of sp³-hybridized carbons (Fsp3) is 0.444. The summed E-state index contributed by atoms with van der Waals surface area (Å²) in [6.07, 6.45) is 0.824. The number of halogens is 2. The molecule has 0 saturated carbocycles. The van der Waals surface area contributed by atoms with Crippen LogP contribution in [0, 0.1) is 0 Å². The molecule has 0 fully saturated rings. The number of hydrogen-bond donors (Lipinski definition) is 1. The Labute approximate surface area is 145 Å². The Balaban J connectivity index is 1.76. The fourth-order valence-corrected chi connectivity index (χ4v) is 2.93. The van der Waals surface area contributed by atoms with Crippen LogP contribution in [0.25, 0.3) is 0 Å². The Morgan fingerprint density at radius 2 is 2.24 bits per heavy atom. The lowest BCUT2D eigenvalue weighted by Crippen LogP contribution is -2.15. The molecule has 25 heavy (non-hydrogen) atoms. The number of aryl methyl sites for hydroxylation is 2. The number of aromatic nitrogens is 2. The zero-order valence-electron chi connectivity index (χ0n) is 14.1. The van der Waals surface area contributed by atoms with Crippen LogP contribution in [-0.4, -0.2) is 28.7 Å². The molecule has 1 aliphatic rings. The van der Waals surface area contributed by atoms with Gasteiger partial charge in [0.2, 0.25) is 0 Å². The lowest BCUT2D eigenvalue weighted by Gasteiger charge is -2.17. The van der Waals surface area contributed by atoms with Crippen molar-refractivity contribution in [2.45, 2.75) is 45.6 Å². The Kier molecular flexibility index (Phi) is 5.31. The summed E-state index contributed by atoms with van der Waals surface area (Å²) in [6.45, 7) is 2.12. The number of ether oxygens (including phenoxy) is 1. The largest absolute Gasteiger partial charge is 0.493 e. The number of carbonyl (C=O) groups excluding carboxylic acids is 1. The minimum absolute atomic E-state index is 0.141. The molecule has 7 heteroatoms. The predicted molar refractivity (Wildman–Crippen MR) is 90.4 cm³/mol. The molecule has 0 spiro atoms. The van der Waals surface area contributed by atoms with E-state index in [2.05, 4.69) is 10.4 Å². The van der Waals surface area contributed by atoms with Gasteiger partial charge in [0.1, 0.15) is 12.3 Å². The van der Waals surface area contributed by atoms with Gasteiger partial charge in [0, 0.05) is 17.4 Å². The van der Waals surface area contributed by atoms with Crippen LogP contribution in [0.5, 0.6) is 5.75 Å². The number of anilines is 1. The number of hydrogen-bond acceptors (Lipinski definition) is 3. The molecule has 0 aliphatic carbocycles. The van der Waals surface area contributed by atoms with Crippen LogP contribution in [0.3, 0.4) is 0 Å². The summed E-state index contributed by atoms with van der Waals surface area (Å²) in [6, 6.07) is 7.11. The van der Waals surface area contributed by atoms with Crippen LogP contribution in [0.15, 0.2) is 24.3 Å². The van der Waals surface area contributed by atoms with Gasteiger partial charge in [-0.1, -0.05) is 19.4 Å². The molecule has 3 rings (SSSR count). The highest BCUT2D eigenvalue weighted by atomic mass is 19.3. The van der Waals surface area contributed by atoms with E-state index in [4.69, 9.17) is 4.74 Å². The maximum atomic E-state index is 12.7. The van der Waals surface area contributed by atoms with Crippen molar-refractivity contribution in [2.24, 2.45) is 0 Å². The van der Waals surface area contributed by atoms with Crippen molar-refractivity contribution in [1.29, 1.82) is 0 Å². The lowest BCUT2D eigenvalue weighted by molar-refractivity contribution is 0.101. The molecule has 1 aromatic heterocycles. The second-order valence-corrected chi connectivity index (χ2v) is 6.07. The van der Waals surface area contributed by atoms with E-state index in [0.717, 1.165) is 30.6 Å². The molecule has 1 aliphatic heterocycles. The summed E-state index contributed by atoms with van der Waals surface area (Å²) >= 11 is 0. The van der Waals surface area contributed by atoms with Gasteiger partial charge in [-0.25, -0.2) is 8.78 Å². The molecule has 1 N–H and O–H groups in total. The van der Waals surface area contributed by atoms with E-state index in [1.165, 1.54) is 4.68 Å². The molecule has 134 valence electrons. The molecule has 0 unspecified atom stereocenters. The minimum atomic E-state index is -2.51. The average Bonchev–Trinajstić information content (AvgIpc) is 2.97. The van der Waals surface area contributed by atoms with Crippen LogP contribution in [-0.2, 0) is 19.4 Å². The van der Waals surface area contributed by atoms with E-state index in [1.54, 1.807) is 12.1 Å². The zero-order chi connectivity index (χ0) is 17.8. The van der Waals surface area contributed by atoms with Gasteiger partial charge < -0.3 is 10.1 Å². The molecule has 0 radical (unpaired) electrons. The van der Waals surface area contributed by atoms with E-state index < -0.39 is 18.9 Å². The van der Waals surface area contributed by atoms with Gasteiger partial charge in [-0.05, 0) is 37.0 Å². The van der Waals surface area contributed by atoms with Crippen molar-refractivity contribution in [3.63, 3.8) is 0 Å². The van der Waals surface area contributed by atoms with E-state index in [-0.39, 0.29) is 5.69 Å². The van der Waals surface area contributed by atoms with E-state index in [9.17, 15) is 13.6 Å². The number of nitrogens with zero attached hydrogens (tertiary/aromatic N) is 2. The predicted octanol–water partition coefficient (Wildman–Crippen LogP) is 3.68. The van der Waals surface area contributed by atoms with Gasteiger partial charge in [0.25, 0.3) is 12.3 Å². The van der Waals surface area contributed by atoms with Crippen molar-refractivity contribution in [2.75, 3.05) is 11.9 Å². The van der Waals surface area contributed by atoms with Crippen molar-refractivity contribution < 1.29 is 18.3 Å². The third-order valence-electron chi connectivity index (χ3n) is 4.09. The van der Waals surface area contributed by atoms with Gasteiger partial charge in [-0.3, -0.25) is 9.48 Å². The number of nitrogens with one attached hydrogen (secondary N) is 1. The molecule has 0 saturated heterocycles. The van der Waals surface area contributed by atoms with Crippen molar-refractivity contribution in [3.05, 3.63) is 41.2 Å².